The van der Waals surface area contributed by atoms with Crippen molar-refractivity contribution in [3.05, 3.63) is 121 Å². The molecule has 1 heterocycles. The van der Waals surface area contributed by atoms with Crippen LogP contribution in [-0.2, 0) is 39.8 Å². The summed E-state index contributed by atoms with van der Waals surface area (Å²) < 4.78 is 4.38. The van der Waals surface area contributed by atoms with E-state index < -0.39 is 0 Å². The van der Waals surface area contributed by atoms with Gasteiger partial charge in [0.2, 0.25) is 5.82 Å². The first-order chi connectivity index (χ1) is 16.2. The van der Waals surface area contributed by atoms with E-state index in [9.17, 15) is 0 Å². The normalized spacial score (nSPS) is 11.0. The fraction of sp³-hybridized carbons (Fsp3) is 0.0645. The minimum absolute atomic E-state index is 0. The van der Waals surface area contributed by atoms with Gasteiger partial charge >= 0.3 is 0 Å². The van der Waals surface area contributed by atoms with Crippen LogP contribution in [0.5, 0.6) is 0 Å². The van der Waals surface area contributed by atoms with Gasteiger partial charge in [0.15, 0.2) is 0 Å². The third-order valence-corrected chi connectivity index (χ3v) is 6.38. The van der Waals surface area contributed by atoms with Gasteiger partial charge in [0.25, 0.3) is 0 Å². The first-order valence-corrected chi connectivity index (χ1v) is 11.2. The molecule has 0 saturated heterocycles. The van der Waals surface area contributed by atoms with E-state index in [1.807, 2.05) is 6.07 Å². The van der Waals surface area contributed by atoms with Crippen LogP contribution in [0.3, 0.4) is 0 Å². The van der Waals surface area contributed by atoms with Gasteiger partial charge in [-0.1, -0.05) is 72.3 Å². The van der Waals surface area contributed by atoms with Gasteiger partial charge in [0.1, 0.15) is 18.1 Å². The van der Waals surface area contributed by atoms with Crippen molar-refractivity contribution in [1.29, 1.82) is 0 Å². The average molecular weight is 512 g/mol. The fourth-order valence-corrected chi connectivity index (χ4v) is 4.63. The largest absolute Gasteiger partial charge is 0.265 e. The molecule has 0 aliphatic carbocycles. The van der Waals surface area contributed by atoms with Crippen LogP contribution >= 0.6 is 0 Å². The molecule has 0 aliphatic heterocycles. The molecule has 1 radical (unpaired) electrons. The number of aryl methyl sites for hydroxylation is 2. The molecule has 0 spiro atoms. The van der Waals surface area contributed by atoms with E-state index in [-0.39, 0.29) is 32.7 Å². The summed E-state index contributed by atoms with van der Waals surface area (Å²) >= 11 is 0. The van der Waals surface area contributed by atoms with Gasteiger partial charge in [-0.3, -0.25) is 4.57 Å². The van der Waals surface area contributed by atoms with Gasteiger partial charge in [-0.25, -0.2) is 10.1 Å². The van der Waals surface area contributed by atoms with E-state index >= 15 is 0 Å². The molecule has 161 valence electrons. The first-order valence-electron chi connectivity index (χ1n) is 11.2. The van der Waals surface area contributed by atoms with Crippen LogP contribution < -0.4 is 4.57 Å². The van der Waals surface area contributed by atoms with Gasteiger partial charge in [-0.2, -0.15) is 29.8 Å². The second kappa shape index (κ2) is 9.29. The molecule has 6 rings (SSSR count). The number of para-hydroxylation sites is 1. The summed E-state index contributed by atoms with van der Waals surface area (Å²) in [5.74, 6) is 1.10. The number of fused-ring (bicyclic) bond motifs is 3. The molecular formula is C31H23N2Y-. The number of nitrogens with zero attached hydrogens (tertiary/aromatic N) is 2. The SMILES string of the molecule is Cc1ccc(-c2[c-]cc3c(ccc4ccccc43)c2)[c-]c1-c1n(-c2ccccc2)cc[n+]1C.[Y]. The summed E-state index contributed by atoms with van der Waals surface area (Å²) in [7, 11) is 2.09. The molecule has 3 heteroatoms. The Kier molecular flexibility index (Phi) is 6.21. The van der Waals surface area contributed by atoms with E-state index in [2.05, 4.69) is 133 Å². The Morgan fingerprint density at radius 1 is 0.765 bits per heavy atom. The average Bonchev–Trinajstić information content (AvgIpc) is 3.25. The maximum Gasteiger partial charge on any atom is 0.228 e. The molecule has 0 atom stereocenters. The standard InChI is InChI=1S/C31H23N2.Y/c1-22-12-13-25(21-30(22)31-32(2)18-19-33(31)27-9-4-3-5-10-27)24-16-17-29-26(20-24)15-14-23-8-6-7-11-28(23)29;/h3-15,17-20H,1-2H3;/q-1;. The van der Waals surface area contributed by atoms with Crippen LogP contribution in [0.1, 0.15) is 5.56 Å². The van der Waals surface area contributed by atoms with Crippen LogP contribution in [0.2, 0.25) is 0 Å². The van der Waals surface area contributed by atoms with E-state index in [1.165, 1.54) is 27.1 Å². The zero-order chi connectivity index (χ0) is 22.4. The molecule has 0 N–H and O–H groups in total. The van der Waals surface area contributed by atoms with Crippen LogP contribution in [0.25, 0.3) is 49.7 Å². The van der Waals surface area contributed by atoms with Crippen molar-refractivity contribution in [3.63, 3.8) is 0 Å². The van der Waals surface area contributed by atoms with Crippen molar-refractivity contribution in [1.82, 2.24) is 4.57 Å². The molecule has 0 amide bonds. The van der Waals surface area contributed by atoms with Crippen LogP contribution in [-0.4, -0.2) is 4.57 Å². The summed E-state index contributed by atoms with van der Waals surface area (Å²) in [4.78, 5) is 0. The summed E-state index contributed by atoms with van der Waals surface area (Å²) in [6.45, 7) is 2.15. The molecule has 34 heavy (non-hydrogen) atoms. The van der Waals surface area contributed by atoms with E-state index in [0.717, 1.165) is 28.2 Å². The van der Waals surface area contributed by atoms with Crippen LogP contribution in [0.15, 0.2) is 103 Å². The number of benzene rings is 5. The Bertz CT molecular complexity index is 1630. The topological polar surface area (TPSA) is 8.81 Å². The van der Waals surface area contributed by atoms with Crippen LogP contribution in [0, 0.1) is 19.1 Å². The van der Waals surface area contributed by atoms with Crippen LogP contribution in [0.4, 0.5) is 0 Å². The fourth-order valence-electron chi connectivity index (χ4n) is 4.63. The third-order valence-electron chi connectivity index (χ3n) is 6.38. The maximum absolute atomic E-state index is 3.71. The van der Waals surface area contributed by atoms with Gasteiger partial charge < -0.3 is 0 Å². The number of rotatable bonds is 3. The Balaban J connectivity index is 0.00000241. The molecular weight excluding hydrogens is 489 g/mol. The van der Waals surface area contributed by atoms with E-state index in [0.29, 0.717) is 0 Å². The quantitative estimate of drug-likeness (QED) is 0.139. The maximum atomic E-state index is 3.71. The van der Waals surface area contributed by atoms with Gasteiger partial charge in [-0.05, 0) is 23.1 Å². The zero-order valence-electron chi connectivity index (χ0n) is 19.3. The number of aromatic nitrogens is 2. The second-order valence-electron chi connectivity index (χ2n) is 8.50. The third kappa shape index (κ3) is 3.92. The molecule has 0 aliphatic rings. The number of hydrogen-bond acceptors (Lipinski definition) is 0. The number of hydrogen-bond donors (Lipinski definition) is 0. The Morgan fingerprint density at radius 2 is 1.53 bits per heavy atom. The van der Waals surface area contributed by atoms with Crippen molar-refractivity contribution in [2.75, 3.05) is 0 Å². The van der Waals surface area contributed by atoms with Gasteiger partial charge in [-0.15, -0.1) is 23.1 Å². The molecule has 1 aromatic heterocycles. The van der Waals surface area contributed by atoms with Crippen molar-refractivity contribution in [3.8, 4) is 28.2 Å². The number of imidazole rings is 1. The van der Waals surface area contributed by atoms with E-state index in [1.54, 1.807) is 0 Å². The Labute approximate surface area is 225 Å². The minimum atomic E-state index is 0. The first kappa shape index (κ1) is 22.7. The monoisotopic (exact) mass is 512 g/mol. The molecule has 0 unspecified atom stereocenters. The molecule has 0 fully saturated rings. The molecule has 5 aromatic carbocycles. The van der Waals surface area contributed by atoms with Crippen molar-refractivity contribution in [2.24, 2.45) is 7.05 Å². The van der Waals surface area contributed by atoms with Crippen molar-refractivity contribution >= 4 is 21.5 Å². The van der Waals surface area contributed by atoms with E-state index in [4.69, 9.17) is 0 Å². The minimum Gasteiger partial charge on any atom is -0.265 e. The summed E-state index contributed by atoms with van der Waals surface area (Å²) in [6.07, 6.45) is 4.20. The van der Waals surface area contributed by atoms with Gasteiger partial charge in [0.05, 0.1) is 7.05 Å². The Hall–Kier alpha value is -3.07. The second-order valence-corrected chi connectivity index (χ2v) is 8.50. The predicted octanol–water partition coefficient (Wildman–Crippen LogP) is 6.85. The Morgan fingerprint density at radius 3 is 2.38 bits per heavy atom. The zero-order valence-corrected chi connectivity index (χ0v) is 22.1. The molecule has 6 aromatic rings. The summed E-state index contributed by atoms with van der Waals surface area (Å²) in [5, 5.41) is 4.97. The smallest absolute Gasteiger partial charge is 0.228 e. The predicted molar refractivity (Wildman–Crippen MR) is 135 cm³/mol. The van der Waals surface area contributed by atoms with Crippen molar-refractivity contribution in [2.45, 2.75) is 6.92 Å². The molecule has 0 saturated carbocycles. The molecule has 2 nitrogen and oxygen atoms in total. The summed E-state index contributed by atoms with van der Waals surface area (Å²) in [5.41, 5.74) is 5.52. The summed E-state index contributed by atoms with van der Waals surface area (Å²) in [6, 6.07) is 39.3. The van der Waals surface area contributed by atoms with Crippen molar-refractivity contribution < 1.29 is 37.3 Å². The van der Waals surface area contributed by atoms with Gasteiger partial charge in [0, 0.05) is 32.7 Å². The molecule has 0 bridgehead atoms.